The molecule has 126 heavy (non-hydrogen) atoms. The summed E-state index contributed by atoms with van der Waals surface area (Å²) < 4.78 is 63.0. The van der Waals surface area contributed by atoms with Crippen molar-refractivity contribution in [3.05, 3.63) is 287 Å². The van der Waals surface area contributed by atoms with Gasteiger partial charge in [-0.1, -0.05) is 282 Å². The molecule has 0 radical (unpaired) electrons. The summed E-state index contributed by atoms with van der Waals surface area (Å²) in [5.41, 5.74) is 17.4. The average Bonchev–Trinajstić information content (AvgIpc) is 1.50. The van der Waals surface area contributed by atoms with Crippen LogP contribution in [-0.2, 0) is 62.2 Å². The molecule has 2 heterocycles. The number of nitrogens with zero attached hydrogens (tertiary/aromatic N) is 4. The van der Waals surface area contributed by atoms with Gasteiger partial charge >= 0.3 is 0 Å². The molecule has 7 aromatic carbocycles. The Bertz CT molecular complexity index is 5160. The maximum atomic E-state index is 15.8. The molecule has 0 aliphatic heterocycles. The number of rotatable bonds is 46. The molecule has 0 unspecified atom stereocenters. The lowest BCUT2D eigenvalue weighted by Crippen LogP contribution is -2.30. The lowest BCUT2D eigenvalue weighted by atomic mass is 9.66. The number of nitriles is 4. The van der Waals surface area contributed by atoms with Crippen molar-refractivity contribution in [3.8, 4) is 46.5 Å². The van der Waals surface area contributed by atoms with Crippen molar-refractivity contribution in [1.82, 2.24) is 0 Å². The molecule has 6 nitrogen and oxygen atoms in total. The van der Waals surface area contributed by atoms with Crippen LogP contribution in [0.15, 0.2) is 144 Å². The van der Waals surface area contributed by atoms with Gasteiger partial charge in [0.1, 0.15) is 35.4 Å². The normalized spacial score (nSPS) is 14.3. The van der Waals surface area contributed by atoms with Crippen molar-refractivity contribution in [1.29, 1.82) is 21.0 Å². The van der Waals surface area contributed by atoms with E-state index < -0.39 is 45.7 Å². The van der Waals surface area contributed by atoms with E-state index in [4.69, 9.17) is 0 Å². The van der Waals surface area contributed by atoms with Crippen LogP contribution in [0, 0.1) is 68.6 Å². The quantitative estimate of drug-likeness (QED) is 0.0162. The highest BCUT2D eigenvalue weighted by molar-refractivity contribution is 7.14. The molecule has 654 valence electrons. The number of carbonyl (C=O) groups is 2. The molecule has 0 N–H and O–H groups in total. The Morgan fingerprint density at radius 3 is 0.714 bits per heavy atom. The molecule has 13 rings (SSSR count). The van der Waals surface area contributed by atoms with Gasteiger partial charge in [0.25, 0.3) is 0 Å². The number of aryl methyl sites for hydroxylation is 8. The molecule has 2 aromatic heterocycles. The Kier molecular flexibility index (Phi) is 32.7. The van der Waals surface area contributed by atoms with Crippen LogP contribution >= 0.6 is 22.7 Å². The van der Waals surface area contributed by atoms with E-state index in [0.29, 0.717) is 9.75 Å². The largest absolute Gasteiger partial charge is 0.289 e. The summed E-state index contributed by atoms with van der Waals surface area (Å²) in [5, 5.41) is 43.4. The highest BCUT2D eigenvalue weighted by atomic mass is 32.1. The zero-order valence-corrected chi connectivity index (χ0v) is 77.6. The molecule has 9 aromatic rings. The summed E-state index contributed by atoms with van der Waals surface area (Å²) in [7, 11) is 0. The van der Waals surface area contributed by atoms with Gasteiger partial charge in [0.15, 0.2) is 34.8 Å². The molecular formula is C114H126F4N4O2S2. The summed E-state index contributed by atoms with van der Waals surface area (Å²) in [6, 6.07) is 51.3. The molecule has 0 saturated carbocycles. The Morgan fingerprint density at radius 1 is 0.278 bits per heavy atom. The third-order valence-corrected chi connectivity index (χ3v) is 29.3. The van der Waals surface area contributed by atoms with E-state index in [9.17, 15) is 21.0 Å². The molecule has 0 bridgehead atoms. The van der Waals surface area contributed by atoms with Crippen LogP contribution < -0.4 is 0 Å². The van der Waals surface area contributed by atoms with Crippen LogP contribution in [0.1, 0.15) is 390 Å². The lowest BCUT2D eigenvalue weighted by molar-refractivity contribution is 0.103. The number of halogens is 4. The van der Waals surface area contributed by atoms with Gasteiger partial charge in [0.05, 0.1) is 10.8 Å². The fourth-order valence-corrected chi connectivity index (χ4v) is 23.2. The number of hydrogen-bond acceptors (Lipinski definition) is 8. The summed E-state index contributed by atoms with van der Waals surface area (Å²) in [6.45, 7) is 18.1. The average molecular weight is 1720 g/mol. The number of benzene rings is 7. The number of allylic oxidation sites excluding steroid dienone is 6. The number of Topliss-reactive ketones (excluding diaryl/α,β-unsaturated/α-hetero) is 2. The van der Waals surface area contributed by atoms with Crippen molar-refractivity contribution in [2.45, 2.75) is 323 Å². The van der Waals surface area contributed by atoms with Gasteiger partial charge in [-0.2, -0.15) is 21.0 Å². The lowest BCUT2D eigenvalue weighted by Gasteiger charge is -2.36. The van der Waals surface area contributed by atoms with Crippen LogP contribution in [0.2, 0.25) is 0 Å². The van der Waals surface area contributed by atoms with Crippen LogP contribution in [0.25, 0.3) is 45.6 Å². The van der Waals surface area contributed by atoms with Gasteiger partial charge < -0.3 is 0 Å². The van der Waals surface area contributed by atoms with E-state index in [1.807, 2.05) is 24.3 Å². The fourth-order valence-electron chi connectivity index (χ4n) is 20.5. The van der Waals surface area contributed by atoms with E-state index >= 15 is 27.2 Å². The Labute approximate surface area is 756 Å². The highest BCUT2D eigenvalue weighted by Crippen LogP contribution is 2.66. The second-order valence-corrected chi connectivity index (χ2v) is 38.4. The molecule has 4 aliphatic carbocycles. The third-order valence-electron chi connectivity index (χ3n) is 26.9. The van der Waals surface area contributed by atoms with Gasteiger partial charge in [-0.05, 0) is 275 Å². The van der Waals surface area contributed by atoms with E-state index in [1.54, 1.807) is 34.8 Å². The second-order valence-electron chi connectivity index (χ2n) is 36.2. The van der Waals surface area contributed by atoms with Crippen molar-refractivity contribution in [2.75, 3.05) is 0 Å². The van der Waals surface area contributed by atoms with Crippen LogP contribution in [0.3, 0.4) is 0 Å². The smallest absolute Gasteiger partial charge is 0.194 e. The zero-order valence-electron chi connectivity index (χ0n) is 75.9. The number of unbranched alkanes of at least 4 members (excludes halogenated alkanes) is 24. The van der Waals surface area contributed by atoms with Crippen molar-refractivity contribution in [3.63, 3.8) is 0 Å². The predicted molar refractivity (Wildman–Crippen MR) is 513 cm³/mol. The van der Waals surface area contributed by atoms with Crippen molar-refractivity contribution >= 4 is 57.5 Å². The number of fused-ring (bicyclic) bond motifs is 8. The Hall–Kier alpha value is -10.1. The summed E-state index contributed by atoms with van der Waals surface area (Å²) in [5.74, 6) is -6.03. The first kappa shape index (κ1) is 93.6. The maximum absolute atomic E-state index is 15.8. The minimum absolute atomic E-state index is 0.00445. The van der Waals surface area contributed by atoms with Gasteiger partial charge in [-0.25, -0.2) is 17.6 Å². The molecule has 12 heteroatoms. The van der Waals surface area contributed by atoms with Crippen LogP contribution in [0.5, 0.6) is 0 Å². The van der Waals surface area contributed by atoms with Crippen molar-refractivity contribution < 1.29 is 27.2 Å². The Morgan fingerprint density at radius 2 is 0.500 bits per heavy atom. The van der Waals surface area contributed by atoms with E-state index in [-0.39, 0.29) is 55.7 Å². The standard InChI is InChI=1S/C114H126F4N4O2S2/c1-9-17-25-33-41-75-49-76(42-34-26-18-10-2)54-85(53-75)113(86-55-77(43-35-27-19-11-3)50-78(56-86)44-36-28-20-12-4)101-65-92-98-62-90(64-100-108(84(73-121)74-122)94-68-104(116)106(118)70-96(94)110(100)124)126-112(98)114(87-57-79(45-37-29-21-13-5)51-80(58-87)46-38-30-22-14-6,88-59-81(47-39-31-23-15-7)52-82(60-88)48-40-32-24-16-8)102(92)66-91(101)97-61-89(125-111(97)113)63-99-107(83(71-119)72-120)93-67-103(115)105(117)69-95(93)109(99)123/h49-70H,9-48H2,1-8H3/b99-63-,100-64-. The van der Waals surface area contributed by atoms with E-state index in [0.717, 1.165) is 346 Å². The summed E-state index contributed by atoms with van der Waals surface area (Å²) >= 11 is 3.18. The maximum Gasteiger partial charge on any atom is 0.194 e. The summed E-state index contributed by atoms with van der Waals surface area (Å²) in [4.78, 5) is 34.2. The number of hydrogen-bond donors (Lipinski definition) is 0. The molecule has 0 fully saturated rings. The first-order valence-corrected chi connectivity index (χ1v) is 49.7. The minimum atomic E-state index is -1.21. The monoisotopic (exact) mass is 1720 g/mol. The van der Waals surface area contributed by atoms with Gasteiger partial charge in [-0.15, -0.1) is 22.7 Å². The number of thiophene rings is 2. The minimum Gasteiger partial charge on any atom is -0.289 e. The first-order chi connectivity index (χ1) is 61.4. The first-order valence-electron chi connectivity index (χ1n) is 48.1. The Balaban J connectivity index is 1.24. The predicted octanol–water partition coefficient (Wildman–Crippen LogP) is 32.2. The topological polar surface area (TPSA) is 129 Å². The van der Waals surface area contributed by atoms with E-state index in [1.165, 1.54) is 44.5 Å². The number of carbonyl (C=O) groups excluding carboxylic acids is 2. The summed E-state index contributed by atoms with van der Waals surface area (Å²) in [6.07, 6.45) is 44.9. The number of ketones is 2. The molecule has 0 saturated heterocycles. The fraction of sp³-hybridized carbons (Fsp3) is 0.439. The van der Waals surface area contributed by atoms with Crippen molar-refractivity contribution in [2.24, 2.45) is 0 Å². The van der Waals surface area contributed by atoms with E-state index in [2.05, 4.69) is 152 Å². The molecule has 0 atom stereocenters. The SMILES string of the molecule is CCCCCCc1cc(CCCCCC)cc(C2(c3cc(CCCCCC)cc(CCCCCC)c3)c3cc4c(cc3-c3cc(/C=C5\C(=O)c6cc(F)c(F)cc6C5=C(C#N)C#N)sc32)C(c2cc(CCCCCC)cc(CCCCCC)c2)(c2cc(CCCCCC)cc(CCCCCC)c2)c2sc(/C=C3\C(=O)c5cc(F)c(F)cc5C3=C(C#N)C#N)cc2-4)c1. The van der Waals surface area contributed by atoms with Gasteiger partial charge in [0, 0.05) is 52.9 Å². The highest BCUT2D eigenvalue weighted by Gasteiger charge is 2.54. The third kappa shape index (κ3) is 19.9. The molecule has 4 aliphatic rings. The van der Waals surface area contributed by atoms with Gasteiger partial charge in [-0.3, -0.25) is 9.59 Å². The van der Waals surface area contributed by atoms with Gasteiger partial charge in [0.2, 0.25) is 0 Å². The molecule has 0 amide bonds. The van der Waals surface area contributed by atoms with Crippen LogP contribution in [-0.4, -0.2) is 11.6 Å². The second kappa shape index (κ2) is 44.1. The molecular weight excluding hydrogens is 1600 g/mol. The van der Waals surface area contributed by atoms with Crippen LogP contribution in [0.4, 0.5) is 17.6 Å². The molecule has 0 spiro atoms. The zero-order chi connectivity index (χ0) is 89.0.